The maximum Gasteiger partial charge on any atom is 0.329 e. The Morgan fingerprint density at radius 1 is 0.926 bits per heavy atom. The number of hydrogen-bond acceptors (Lipinski definition) is 13. The Balaban J connectivity index is 1.42. The number of benzene rings is 1. The first-order valence-electron chi connectivity index (χ1n) is 24.2. The van der Waals surface area contributed by atoms with Crippen molar-refractivity contribution in [3.05, 3.63) is 51.5 Å². The molecule has 1 saturated carbocycles. The molecule has 0 spiro atoms. The average Bonchev–Trinajstić information content (AvgIpc) is 3.31. The van der Waals surface area contributed by atoms with E-state index in [2.05, 4.69) is 5.32 Å². The van der Waals surface area contributed by atoms with Gasteiger partial charge in [-0.15, -0.1) is 0 Å². The first kappa shape index (κ1) is 55.7. The number of nitrogens with one attached hydrogen (secondary N) is 1. The van der Waals surface area contributed by atoms with Crippen LogP contribution in [-0.4, -0.2) is 134 Å². The molecule has 1 aromatic carbocycles. The van der Waals surface area contributed by atoms with Gasteiger partial charge in [-0.1, -0.05) is 68.6 Å². The zero-order valence-electron chi connectivity index (χ0n) is 41.2. The third-order valence-corrected chi connectivity index (χ3v) is 15.2. The summed E-state index contributed by atoms with van der Waals surface area (Å²) in [6.07, 6.45) is 3.40. The van der Waals surface area contributed by atoms with E-state index in [0.717, 1.165) is 5.57 Å². The summed E-state index contributed by atoms with van der Waals surface area (Å²) in [5.41, 5.74) is 2.08. The van der Waals surface area contributed by atoms with Crippen LogP contribution in [0.2, 0.25) is 10.0 Å². The molecular weight excluding hydrogens is 919 g/mol. The topological polar surface area (TPSA) is 196 Å². The number of hydrogen-bond donors (Lipinski definition) is 3. The van der Waals surface area contributed by atoms with Crippen LogP contribution in [0.4, 0.5) is 5.69 Å². The molecule has 3 N–H and O–H groups in total. The van der Waals surface area contributed by atoms with Crippen LogP contribution < -0.4 is 5.32 Å². The number of aliphatic hydroxyl groups is 2. The minimum absolute atomic E-state index is 0.0108. The molecule has 5 rings (SSSR count). The summed E-state index contributed by atoms with van der Waals surface area (Å²) in [4.78, 5) is 71.2. The van der Waals surface area contributed by atoms with E-state index in [0.29, 0.717) is 72.7 Å². The number of carbonyl (C=O) groups is 5. The number of anilines is 1. The number of Topliss-reactive ketones (excluding diaryl/α,β-unsaturated/α-hetero) is 2. The van der Waals surface area contributed by atoms with E-state index >= 15 is 0 Å². The van der Waals surface area contributed by atoms with Gasteiger partial charge in [-0.05, 0) is 114 Å². The van der Waals surface area contributed by atoms with Crippen LogP contribution >= 0.6 is 23.2 Å². The van der Waals surface area contributed by atoms with Gasteiger partial charge >= 0.3 is 5.97 Å². The van der Waals surface area contributed by atoms with Crippen molar-refractivity contribution in [2.24, 2.45) is 29.6 Å². The van der Waals surface area contributed by atoms with Crippen molar-refractivity contribution in [1.29, 1.82) is 0 Å². The highest BCUT2D eigenvalue weighted by atomic mass is 35.5. The number of piperidine rings is 1. The Labute approximate surface area is 411 Å². The van der Waals surface area contributed by atoms with E-state index in [1.807, 2.05) is 39.8 Å². The number of fused-ring (bicyclic) bond motifs is 3. The van der Waals surface area contributed by atoms with Crippen molar-refractivity contribution in [2.45, 2.75) is 167 Å². The molecule has 3 heterocycles. The van der Waals surface area contributed by atoms with E-state index < -0.39 is 77.8 Å². The van der Waals surface area contributed by atoms with Crippen LogP contribution in [0, 0.1) is 29.6 Å². The van der Waals surface area contributed by atoms with Gasteiger partial charge in [0.1, 0.15) is 30.6 Å². The van der Waals surface area contributed by atoms with Crippen LogP contribution in [0.1, 0.15) is 112 Å². The molecule has 3 aliphatic heterocycles. The fraction of sp³-hybridized carbons (Fsp3) is 0.706. The molecular formula is C51H74Cl2N2O13. The van der Waals surface area contributed by atoms with Gasteiger partial charge in [-0.2, -0.15) is 0 Å². The van der Waals surface area contributed by atoms with Gasteiger partial charge in [0, 0.05) is 57.7 Å². The largest absolute Gasteiger partial charge is 0.456 e. The number of halogens is 2. The quantitative estimate of drug-likeness (QED) is 0.119. The third kappa shape index (κ3) is 13.8. The number of carbonyl (C=O) groups excluding carboxylic acids is 5. The van der Waals surface area contributed by atoms with Gasteiger partial charge in [-0.3, -0.25) is 19.2 Å². The van der Waals surface area contributed by atoms with E-state index in [1.54, 1.807) is 39.2 Å². The van der Waals surface area contributed by atoms with E-state index in [1.165, 1.54) is 19.1 Å². The average molecular weight is 994 g/mol. The monoisotopic (exact) mass is 992 g/mol. The number of amides is 2. The van der Waals surface area contributed by atoms with Crippen molar-refractivity contribution < 1.29 is 62.6 Å². The third-order valence-electron chi connectivity index (χ3n) is 14.5. The van der Waals surface area contributed by atoms with Crippen molar-refractivity contribution in [1.82, 2.24) is 4.90 Å². The summed E-state index contributed by atoms with van der Waals surface area (Å²) in [6.45, 7) is 11.0. The highest BCUT2D eigenvalue weighted by Crippen LogP contribution is 2.39. The number of aliphatic hydroxyl groups excluding tert-OH is 1. The number of esters is 1. The summed E-state index contributed by atoms with van der Waals surface area (Å²) in [6, 6.07) is 3.61. The maximum absolute atomic E-state index is 14.5. The van der Waals surface area contributed by atoms with Crippen molar-refractivity contribution in [2.75, 3.05) is 39.8 Å². The second-order valence-corrected chi connectivity index (χ2v) is 20.4. The molecule has 4 aliphatic rings. The van der Waals surface area contributed by atoms with Gasteiger partial charge in [0.05, 0.1) is 40.6 Å². The minimum Gasteiger partial charge on any atom is -0.456 e. The summed E-state index contributed by atoms with van der Waals surface area (Å²) in [5, 5.41) is 27.4. The molecule has 380 valence electrons. The molecule has 3 fully saturated rings. The van der Waals surface area contributed by atoms with Crippen LogP contribution in [0.25, 0.3) is 0 Å². The molecule has 68 heavy (non-hydrogen) atoms. The molecule has 2 saturated heterocycles. The zero-order valence-corrected chi connectivity index (χ0v) is 42.7. The van der Waals surface area contributed by atoms with Gasteiger partial charge in [0.15, 0.2) is 0 Å². The SMILES string of the molecule is CC[C@@H]1/C=C(\C)C[C@H](C)C[C@H](OC)[C@H]2O[C@@](O)(C(=O)C(=O)N3CCCC[C@H]3C(=O)O[C@H](/C(C)=C/[C@@H]3CC[C@@H](OCC(=O)Nc4ccc(Cl)c(Cl)c4)[C@H](OC)C3)[C@H](C)[C@@H](O)CC1=O)[C@H](C)C[C@@H]2OC. The van der Waals surface area contributed by atoms with Gasteiger partial charge in [0.2, 0.25) is 11.7 Å². The highest BCUT2D eigenvalue weighted by molar-refractivity contribution is 6.42. The minimum atomic E-state index is -2.53. The predicted octanol–water partition coefficient (Wildman–Crippen LogP) is 7.44. The summed E-state index contributed by atoms with van der Waals surface area (Å²) in [7, 11) is 4.63. The van der Waals surface area contributed by atoms with Crippen LogP contribution in [0.15, 0.2) is 41.5 Å². The first-order chi connectivity index (χ1) is 32.2. The molecule has 0 aromatic heterocycles. The van der Waals surface area contributed by atoms with E-state index in [4.69, 9.17) is 51.6 Å². The lowest BCUT2D eigenvalue weighted by molar-refractivity contribution is -0.302. The summed E-state index contributed by atoms with van der Waals surface area (Å²) < 4.78 is 36.3. The Morgan fingerprint density at radius 3 is 2.28 bits per heavy atom. The zero-order chi connectivity index (χ0) is 50.0. The fourth-order valence-electron chi connectivity index (χ4n) is 10.5. The molecule has 15 nitrogen and oxygen atoms in total. The molecule has 14 atom stereocenters. The molecule has 1 aliphatic carbocycles. The second kappa shape index (κ2) is 25.2. The smallest absolute Gasteiger partial charge is 0.329 e. The summed E-state index contributed by atoms with van der Waals surface area (Å²) >= 11 is 12.1. The number of nitrogens with zero attached hydrogens (tertiary/aromatic N) is 1. The van der Waals surface area contributed by atoms with Crippen molar-refractivity contribution >= 4 is 58.2 Å². The van der Waals surface area contributed by atoms with Gasteiger partial charge < -0.3 is 48.9 Å². The predicted molar refractivity (Wildman–Crippen MR) is 257 cm³/mol. The molecule has 0 radical (unpaired) electrons. The first-order valence-corrected chi connectivity index (χ1v) is 25.0. The van der Waals surface area contributed by atoms with Crippen LogP contribution in [0.5, 0.6) is 0 Å². The number of ketones is 2. The Hall–Kier alpha value is -3.25. The normalized spacial score (nSPS) is 36.2. The van der Waals surface area contributed by atoms with Gasteiger partial charge in [-0.25, -0.2) is 4.79 Å². The number of rotatable bonds is 10. The molecule has 0 unspecified atom stereocenters. The van der Waals surface area contributed by atoms with Crippen molar-refractivity contribution in [3.8, 4) is 0 Å². The lowest BCUT2D eigenvalue weighted by Crippen LogP contribution is -2.64. The Kier molecular flexibility index (Phi) is 20.7. The van der Waals surface area contributed by atoms with E-state index in [9.17, 15) is 34.2 Å². The molecule has 2 bridgehead atoms. The number of allylic oxidation sites excluding steroid dienone is 3. The maximum atomic E-state index is 14.5. The molecule has 1 aromatic rings. The number of ether oxygens (including phenoxy) is 6. The number of methoxy groups -OCH3 is 3. The fourth-order valence-corrected chi connectivity index (χ4v) is 10.8. The van der Waals surface area contributed by atoms with Gasteiger partial charge in [0.25, 0.3) is 11.7 Å². The number of cyclic esters (lactones) is 1. The molecule has 17 heteroatoms. The van der Waals surface area contributed by atoms with Crippen molar-refractivity contribution in [3.63, 3.8) is 0 Å². The second-order valence-electron chi connectivity index (χ2n) is 19.6. The lowest BCUT2D eigenvalue weighted by atomic mass is 9.81. The van der Waals surface area contributed by atoms with Crippen LogP contribution in [-0.2, 0) is 52.4 Å². The van der Waals surface area contributed by atoms with E-state index in [-0.39, 0.29) is 68.1 Å². The lowest BCUT2D eigenvalue weighted by Gasteiger charge is -2.47. The summed E-state index contributed by atoms with van der Waals surface area (Å²) in [5.74, 6) is -8.22. The highest BCUT2D eigenvalue weighted by Gasteiger charge is 2.56. The Bertz CT molecular complexity index is 2000. The van der Waals surface area contributed by atoms with Crippen LogP contribution in [0.3, 0.4) is 0 Å². The molecule has 2 amide bonds. The Morgan fingerprint density at radius 2 is 1.62 bits per heavy atom. The standard InChI is InChI=1S/C51H74Cl2N2O13/c1-10-34-20-28(2)19-29(3)21-43(64-8)47-44(65-9)23-31(5)51(62,68-47)48(59)49(60)55-18-12-11-13-38(55)50(61)67-46(32(6)39(56)26-40(34)57)30(4)22-33-14-17-41(42(24-33)63-7)66-27-45(58)54-35-15-16-36(52)37(53)25-35/h15-16,20,22,25,29,31-34,38-39,41-44,46-47,56,62H,10-14,17-19,21,23-24,26-27H2,1-9H3,(H,54,58)/b28-20+,30-22+/t29-,31+,32+,33-,34+,38-,39-,41+,42+,43-,44-,46+,47+,51+/m0/s1.